The molecule has 67 heavy (non-hydrogen) atoms. The van der Waals surface area contributed by atoms with Crippen LogP contribution in [0.15, 0.2) is 189 Å². The molecule has 0 N–H and O–H groups in total. The molecule has 15 rings (SSSR count). The molecule has 0 spiro atoms. The van der Waals surface area contributed by atoms with Crippen molar-refractivity contribution < 1.29 is 0 Å². The van der Waals surface area contributed by atoms with Crippen molar-refractivity contribution in [2.45, 2.75) is 75.0 Å². The van der Waals surface area contributed by atoms with Crippen LogP contribution >= 0.6 is 0 Å². The highest BCUT2D eigenvalue weighted by molar-refractivity contribution is 6.12. The van der Waals surface area contributed by atoms with E-state index in [1.54, 1.807) is 5.56 Å². The first kappa shape index (κ1) is 39.1. The Morgan fingerprint density at radius 2 is 0.866 bits per heavy atom. The summed E-state index contributed by atoms with van der Waals surface area (Å²) in [4.78, 5) is 4.90. The van der Waals surface area contributed by atoms with Crippen molar-refractivity contribution in [2.24, 2.45) is 11.8 Å². The Labute approximate surface area is 394 Å². The molecular formula is C64H55N3. The summed E-state index contributed by atoms with van der Waals surface area (Å²) >= 11 is 0. The van der Waals surface area contributed by atoms with Crippen LogP contribution in [-0.4, -0.2) is 4.57 Å². The van der Waals surface area contributed by atoms with Crippen LogP contribution in [0.25, 0.3) is 33.6 Å². The third-order valence-corrected chi connectivity index (χ3v) is 17.1. The molecule has 2 unspecified atom stereocenters. The zero-order valence-corrected chi connectivity index (χ0v) is 38.2. The second-order valence-corrected chi connectivity index (χ2v) is 20.9. The summed E-state index contributed by atoms with van der Waals surface area (Å²) in [5.41, 5.74) is 21.5. The summed E-state index contributed by atoms with van der Waals surface area (Å²) < 4.78 is 2.53. The Morgan fingerprint density at radius 1 is 0.433 bits per heavy atom. The van der Waals surface area contributed by atoms with E-state index in [1.807, 2.05) is 6.08 Å². The normalized spacial score (nSPS) is 21.9. The molecule has 6 aliphatic rings. The first-order valence-corrected chi connectivity index (χ1v) is 24.9. The van der Waals surface area contributed by atoms with E-state index < -0.39 is 0 Å². The van der Waals surface area contributed by atoms with Crippen molar-refractivity contribution in [1.82, 2.24) is 4.57 Å². The fraction of sp³-hybridized carbons (Fsp3) is 0.219. The first-order chi connectivity index (χ1) is 33.0. The van der Waals surface area contributed by atoms with Gasteiger partial charge in [-0.25, -0.2) is 0 Å². The van der Waals surface area contributed by atoms with Gasteiger partial charge in [-0.05, 0) is 223 Å². The molecule has 0 amide bonds. The molecule has 0 radical (unpaired) electrons. The zero-order chi connectivity index (χ0) is 44.3. The molecule has 9 aromatic rings. The van der Waals surface area contributed by atoms with Crippen LogP contribution in [0.1, 0.15) is 77.5 Å². The van der Waals surface area contributed by atoms with Gasteiger partial charge in [-0.3, -0.25) is 0 Å². The van der Waals surface area contributed by atoms with Crippen molar-refractivity contribution >= 4 is 62.0 Å². The maximum Gasteiger partial charge on any atom is 0.0542 e. The molecule has 8 aromatic carbocycles. The van der Waals surface area contributed by atoms with Gasteiger partial charge < -0.3 is 14.4 Å². The third kappa shape index (κ3) is 6.23. The third-order valence-electron chi connectivity index (χ3n) is 17.1. The predicted molar refractivity (Wildman–Crippen MR) is 280 cm³/mol. The monoisotopic (exact) mass is 865 g/mol. The largest absolute Gasteiger partial charge is 0.310 e. The highest BCUT2D eigenvalue weighted by Crippen LogP contribution is 2.66. The summed E-state index contributed by atoms with van der Waals surface area (Å²) in [5.74, 6) is 1.60. The number of nitrogens with zero attached hydrogens (tertiary/aromatic N) is 3. The maximum absolute atomic E-state index is 4.04. The van der Waals surface area contributed by atoms with Crippen LogP contribution in [0.5, 0.6) is 0 Å². The quantitative estimate of drug-likeness (QED) is 0.136. The maximum atomic E-state index is 4.04. The van der Waals surface area contributed by atoms with Crippen molar-refractivity contribution in [1.29, 1.82) is 0 Å². The minimum absolute atomic E-state index is 0.225. The van der Waals surface area contributed by atoms with E-state index in [4.69, 9.17) is 0 Å². The van der Waals surface area contributed by atoms with Gasteiger partial charge in [-0.1, -0.05) is 97.6 Å². The average Bonchev–Trinajstić information content (AvgIpc) is 3.66. The number of hydrogen-bond donors (Lipinski definition) is 0. The van der Waals surface area contributed by atoms with E-state index in [0.29, 0.717) is 0 Å². The van der Waals surface area contributed by atoms with Crippen molar-refractivity contribution in [2.75, 3.05) is 9.80 Å². The topological polar surface area (TPSA) is 11.4 Å². The lowest BCUT2D eigenvalue weighted by atomic mass is 9.42. The first-order valence-electron chi connectivity index (χ1n) is 24.9. The molecule has 1 heterocycles. The Bertz CT molecular complexity index is 3290. The standard InChI is InChI=1S/C64H55N3/c1-2-43-13-21-50(22-14-43)63-38-44-33-45(39-63)41-64(40-44,42-63)51-23-27-54(28-24-51)67-61-31-29-57(65(52-9-5-3-6-10-52)53-11-7-4-8-12-53)36-59(61)60-37-58(30-32-62(60)67)66(55-25-19-46-15-17-48(46)34-55)56-26-20-47-16-18-49(47)35-56/h2-14,19-32,34-37,44-45H,1,15-18,33,38-42H2. The lowest BCUT2D eigenvalue weighted by molar-refractivity contribution is -0.0281. The number of benzene rings is 8. The fourth-order valence-corrected chi connectivity index (χ4v) is 14.1. The minimum atomic E-state index is 0.225. The van der Waals surface area contributed by atoms with Crippen LogP contribution < -0.4 is 9.80 Å². The highest BCUT2D eigenvalue weighted by Gasteiger charge is 2.58. The molecule has 1 aromatic heterocycles. The Hall–Kier alpha value is -7.10. The molecule has 4 fully saturated rings. The molecular weight excluding hydrogens is 811 g/mol. The molecule has 2 atom stereocenters. The van der Waals surface area contributed by atoms with Crippen LogP contribution in [0, 0.1) is 11.8 Å². The van der Waals surface area contributed by atoms with Gasteiger partial charge in [0.2, 0.25) is 0 Å². The van der Waals surface area contributed by atoms with Gasteiger partial charge in [0, 0.05) is 50.6 Å². The molecule has 4 bridgehead atoms. The van der Waals surface area contributed by atoms with E-state index in [1.165, 1.54) is 129 Å². The molecule has 0 saturated heterocycles. The van der Waals surface area contributed by atoms with Gasteiger partial charge in [-0.15, -0.1) is 0 Å². The number of rotatable bonds is 10. The van der Waals surface area contributed by atoms with Crippen LogP contribution in [0.3, 0.4) is 0 Å². The number of aromatic nitrogens is 1. The van der Waals surface area contributed by atoms with Crippen molar-refractivity contribution in [3.05, 3.63) is 228 Å². The van der Waals surface area contributed by atoms with Crippen LogP contribution in [0.4, 0.5) is 34.1 Å². The second-order valence-electron chi connectivity index (χ2n) is 20.9. The van der Waals surface area contributed by atoms with Gasteiger partial charge in [0.05, 0.1) is 11.0 Å². The number of aryl methyl sites for hydroxylation is 4. The van der Waals surface area contributed by atoms with Gasteiger partial charge in [-0.2, -0.15) is 0 Å². The number of anilines is 6. The van der Waals surface area contributed by atoms with E-state index in [-0.39, 0.29) is 10.8 Å². The lowest BCUT2D eigenvalue weighted by Gasteiger charge is -2.63. The summed E-state index contributed by atoms with van der Waals surface area (Å²) in [5, 5.41) is 2.50. The lowest BCUT2D eigenvalue weighted by Crippen LogP contribution is -2.55. The average molecular weight is 866 g/mol. The summed E-state index contributed by atoms with van der Waals surface area (Å²) in [6, 6.07) is 69.5. The molecule has 3 heteroatoms. The van der Waals surface area contributed by atoms with E-state index in [2.05, 4.69) is 203 Å². The SMILES string of the molecule is C=Cc1ccc(C23CC4CC(C2)CC(c2ccc(-n5c6ccc(N(c7ccccc7)c7ccccc7)cc6c6cc(N(c7ccc8c(c7)CC8)c7ccc8c(c7)CC8)ccc65)cc2)(C4)C3)cc1. The second kappa shape index (κ2) is 15.0. The van der Waals surface area contributed by atoms with E-state index >= 15 is 0 Å². The van der Waals surface area contributed by atoms with E-state index in [9.17, 15) is 0 Å². The summed E-state index contributed by atoms with van der Waals surface area (Å²) in [6.45, 7) is 4.04. The van der Waals surface area contributed by atoms with Crippen molar-refractivity contribution in [3.8, 4) is 5.69 Å². The minimum Gasteiger partial charge on any atom is -0.310 e. The Balaban J connectivity index is 0.922. The van der Waals surface area contributed by atoms with Crippen LogP contribution in [0.2, 0.25) is 0 Å². The summed E-state index contributed by atoms with van der Waals surface area (Å²) in [7, 11) is 0. The number of hydrogen-bond acceptors (Lipinski definition) is 2. The number of fused-ring (bicyclic) bond motifs is 5. The summed E-state index contributed by atoms with van der Waals surface area (Å²) in [6.07, 6.45) is 14.6. The zero-order valence-electron chi connectivity index (χ0n) is 38.2. The Kier molecular flexibility index (Phi) is 8.73. The molecule has 6 aliphatic carbocycles. The molecule has 3 nitrogen and oxygen atoms in total. The fourth-order valence-electron chi connectivity index (χ4n) is 14.1. The molecule has 0 aliphatic heterocycles. The van der Waals surface area contributed by atoms with Gasteiger partial charge in [0.1, 0.15) is 0 Å². The van der Waals surface area contributed by atoms with Gasteiger partial charge in [0.15, 0.2) is 0 Å². The van der Waals surface area contributed by atoms with E-state index in [0.717, 1.165) is 41.7 Å². The Morgan fingerprint density at radius 3 is 1.31 bits per heavy atom. The highest BCUT2D eigenvalue weighted by atomic mass is 15.2. The molecule has 4 saturated carbocycles. The molecule has 326 valence electrons. The van der Waals surface area contributed by atoms with Gasteiger partial charge in [0.25, 0.3) is 0 Å². The smallest absolute Gasteiger partial charge is 0.0542 e. The van der Waals surface area contributed by atoms with Crippen molar-refractivity contribution in [3.63, 3.8) is 0 Å². The predicted octanol–water partition coefficient (Wildman–Crippen LogP) is 16.4. The van der Waals surface area contributed by atoms with Crippen LogP contribution in [-0.2, 0) is 36.5 Å². The van der Waals surface area contributed by atoms with Gasteiger partial charge >= 0.3 is 0 Å². The number of para-hydroxylation sites is 2.